The minimum absolute atomic E-state index is 0.625. The lowest BCUT2D eigenvalue weighted by Crippen LogP contribution is -2.03. The van der Waals surface area contributed by atoms with Crippen molar-refractivity contribution >= 4 is 0 Å². The number of benzene rings is 1. The first-order valence-electron chi connectivity index (χ1n) is 5.54. The maximum absolute atomic E-state index is 5.53. The molecular formula is C13H17N3. The van der Waals surface area contributed by atoms with Crippen molar-refractivity contribution in [3.8, 4) is 11.3 Å². The van der Waals surface area contributed by atoms with E-state index >= 15 is 0 Å². The summed E-state index contributed by atoms with van der Waals surface area (Å²) in [5.41, 5.74) is 10.1. The van der Waals surface area contributed by atoms with Crippen LogP contribution in [-0.2, 0) is 6.42 Å². The minimum Gasteiger partial charge on any atom is -0.346 e. The monoisotopic (exact) mass is 215 g/mol. The normalized spacial score (nSPS) is 10.7. The number of aromatic nitrogens is 2. The summed E-state index contributed by atoms with van der Waals surface area (Å²) in [4.78, 5) is 7.88. The van der Waals surface area contributed by atoms with Crippen molar-refractivity contribution in [2.45, 2.75) is 20.3 Å². The number of imidazole rings is 1. The second-order valence-corrected chi connectivity index (χ2v) is 4.01. The smallest absolute Gasteiger partial charge is 0.108 e. The van der Waals surface area contributed by atoms with Gasteiger partial charge in [0.25, 0.3) is 0 Å². The maximum atomic E-state index is 5.53. The van der Waals surface area contributed by atoms with E-state index < -0.39 is 0 Å². The van der Waals surface area contributed by atoms with Crippen LogP contribution in [-0.4, -0.2) is 16.5 Å². The van der Waals surface area contributed by atoms with E-state index in [4.69, 9.17) is 5.73 Å². The van der Waals surface area contributed by atoms with Crippen molar-refractivity contribution < 1.29 is 0 Å². The van der Waals surface area contributed by atoms with E-state index in [1.54, 1.807) is 0 Å². The van der Waals surface area contributed by atoms with Crippen molar-refractivity contribution in [3.63, 3.8) is 0 Å². The fourth-order valence-electron chi connectivity index (χ4n) is 1.88. The van der Waals surface area contributed by atoms with Gasteiger partial charge in [0.2, 0.25) is 0 Å². The molecule has 1 aromatic carbocycles. The Hall–Kier alpha value is -1.61. The van der Waals surface area contributed by atoms with Crippen molar-refractivity contribution in [2.24, 2.45) is 5.73 Å². The van der Waals surface area contributed by atoms with E-state index in [1.165, 1.54) is 11.1 Å². The van der Waals surface area contributed by atoms with Gasteiger partial charge in [-0.1, -0.05) is 24.3 Å². The first-order valence-corrected chi connectivity index (χ1v) is 5.54. The van der Waals surface area contributed by atoms with Crippen LogP contribution in [0.25, 0.3) is 11.3 Å². The molecule has 0 saturated carbocycles. The van der Waals surface area contributed by atoms with Crippen molar-refractivity contribution in [2.75, 3.05) is 6.54 Å². The molecule has 0 radical (unpaired) electrons. The van der Waals surface area contributed by atoms with Gasteiger partial charge < -0.3 is 10.7 Å². The Labute approximate surface area is 95.7 Å². The van der Waals surface area contributed by atoms with Gasteiger partial charge in [-0.3, -0.25) is 0 Å². The molecule has 1 aromatic heterocycles. The van der Waals surface area contributed by atoms with E-state index in [2.05, 4.69) is 35.9 Å². The average molecular weight is 215 g/mol. The van der Waals surface area contributed by atoms with Gasteiger partial charge in [0.1, 0.15) is 5.82 Å². The second-order valence-electron chi connectivity index (χ2n) is 4.01. The Morgan fingerprint density at radius 3 is 2.69 bits per heavy atom. The molecule has 0 aliphatic carbocycles. The number of hydrogen-bond acceptors (Lipinski definition) is 2. The zero-order chi connectivity index (χ0) is 11.5. The molecule has 0 aliphatic heterocycles. The highest BCUT2D eigenvalue weighted by Gasteiger charge is 2.09. The van der Waals surface area contributed by atoms with Gasteiger partial charge in [-0.2, -0.15) is 0 Å². The van der Waals surface area contributed by atoms with Crippen molar-refractivity contribution in [1.82, 2.24) is 9.97 Å². The molecule has 0 unspecified atom stereocenters. The second kappa shape index (κ2) is 4.49. The van der Waals surface area contributed by atoms with Crippen molar-refractivity contribution in [1.29, 1.82) is 0 Å². The largest absolute Gasteiger partial charge is 0.346 e. The van der Waals surface area contributed by atoms with E-state index in [0.717, 1.165) is 23.6 Å². The molecule has 3 nitrogen and oxygen atoms in total. The molecule has 0 atom stereocenters. The number of nitrogens with zero attached hydrogens (tertiary/aromatic N) is 1. The van der Waals surface area contributed by atoms with Gasteiger partial charge in [-0.25, -0.2) is 4.98 Å². The summed E-state index contributed by atoms with van der Waals surface area (Å²) in [5, 5.41) is 0. The van der Waals surface area contributed by atoms with Crippen LogP contribution in [0.4, 0.5) is 0 Å². The molecule has 0 bridgehead atoms. The first-order chi connectivity index (χ1) is 7.72. The molecule has 1 heterocycles. The number of nitrogens with two attached hydrogens (primary N) is 1. The summed E-state index contributed by atoms with van der Waals surface area (Å²) in [6.45, 7) is 4.78. The van der Waals surface area contributed by atoms with Gasteiger partial charge in [0.15, 0.2) is 0 Å². The van der Waals surface area contributed by atoms with Gasteiger partial charge in [-0.05, 0) is 26.0 Å². The predicted molar refractivity (Wildman–Crippen MR) is 66.3 cm³/mol. The van der Waals surface area contributed by atoms with Gasteiger partial charge in [0.05, 0.1) is 5.69 Å². The molecule has 2 aromatic rings. The number of H-pyrrole nitrogens is 1. The molecule has 3 N–H and O–H groups in total. The Morgan fingerprint density at radius 2 is 2.00 bits per heavy atom. The number of hydrogen-bond donors (Lipinski definition) is 2. The first kappa shape index (κ1) is 10.9. The van der Waals surface area contributed by atoms with Crippen LogP contribution in [0.15, 0.2) is 24.3 Å². The number of rotatable bonds is 3. The Balaban J connectivity index is 2.44. The molecule has 0 fully saturated rings. The van der Waals surface area contributed by atoms with Crippen LogP contribution >= 0.6 is 0 Å². The molecule has 16 heavy (non-hydrogen) atoms. The molecule has 0 aliphatic rings. The summed E-state index contributed by atoms with van der Waals surface area (Å²) in [7, 11) is 0. The van der Waals surface area contributed by atoms with Crippen LogP contribution in [0.5, 0.6) is 0 Å². The third kappa shape index (κ3) is 1.99. The van der Waals surface area contributed by atoms with Crippen LogP contribution in [0.2, 0.25) is 0 Å². The molecular weight excluding hydrogens is 198 g/mol. The van der Waals surface area contributed by atoms with Gasteiger partial charge in [-0.15, -0.1) is 0 Å². The molecule has 3 heteroatoms. The fraction of sp³-hybridized carbons (Fsp3) is 0.308. The predicted octanol–water partition coefficient (Wildman–Crippen LogP) is 2.19. The number of aryl methyl sites for hydroxylation is 2. The van der Waals surface area contributed by atoms with E-state index in [0.29, 0.717) is 6.54 Å². The summed E-state index contributed by atoms with van der Waals surface area (Å²) in [5.74, 6) is 0.971. The minimum atomic E-state index is 0.625. The number of aromatic amines is 1. The lowest BCUT2D eigenvalue weighted by atomic mass is 10.1. The highest BCUT2D eigenvalue weighted by atomic mass is 14.9. The zero-order valence-corrected chi connectivity index (χ0v) is 9.75. The van der Waals surface area contributed by atoms with Gasteiger partial charge >= 0.3 is 0 Å². The van der Waals surface area contributed by atoms with Crippen LogP contribution in [0.1, 0.15) is 17.1 Å². The highest BCUT2D eigenvalue weighted by Crippen LogP contribution is 2.24. The van der Waals surface area contributed by atoms with Gasteiger partial charge in [0, 0.05) is 17.7 Å². The van der Waals surface area contributed by atoms with Crippen LogP contribution < -0.4 is 5.73 Å². The summed E-state index contributed by atoms with van der Waals surface area (Å²) in [6, 6.07) is 8.29. The molecule has 0 amide bonds. The zero-order valence-electron chi connectivity index (χ0n) is 9.75. The summed E-state index contributed by atoms with van der Waals surface area (Å²) < 4.78 is 0. The highest BCUT2D eigenvalue weighted by molar-refractivity contribution is 5.65. The molecule has 0 spiro atoms. The fourth-order valence-corrected chi connectivity index (χ4v) is 1.88. The lowest BCUT2D eigenvalue weighted by Gasteiger charge is -2.02. The Morgan fingerprint density at radius 1 is 1.25 bits per heavy atom. The maximum Gasteiger partial charge on any atom is 0.108 e. The quantitative estimate of drug-likeness (QED) is 0.824. The summed E-state index contributed by atoms with van der Waals surface area (Å²) in [6.07, 6.45) is 0.798. The van der Waals surface area contributed by atoms with Crippen LogP contribution in [0, 0.1) is 13.8 Å². The van der Waals surface area contributed by atoms with Crippen molar-refractivity contribution in [3.05, 3.63) is 41.3 Å². The number of nitrogens with one attached hydrogen (secondary N) is 1. The molecule has 0 saturated heterocycles. The third-order valence-corrected chi connectivity index (χ3v) is 2.72. The van der Waals surface area contributed by atoms with Crippen LogP contribution in [0.3, 0.4) is 0 Å². The SMILES string of the molecule is Cc1ccccc1-c1nc(CCN)[nH]c1C. The van der Waals surface area contributed by atoms with E-state index in [-0.39, 0.29) is 0 Å². The van der Waals surface area contributed by atoms with E-state index in [9.17, 15) is 0 Å². The summed E-state index contributed by atoms with van der Waals surface area (Å²) >= 11 is 0. The molecule has 2 rings (SSSR count). The average Bonchev–Trinajstić information content (AvgIpc) is 2.61. The topological polar surface area (TPSA) is 54.7 Å². The Kier molecular flexibility index (Phi) is 3.06. The molecule has 84 valence electrons. The van der Waals surface area contributed by atoms with E-state index in [1.807, 2.05) is 12.1 Å². The standard InChI is InChI=1S/C13H17N3/c1-9-5-3-4-6-11(9)13-10(2)15-12(16-13)7-8-14/h3-6H,7-8,14H2,1-2H3,(H,15,16). The lowest BCUT2D eigenvalue weighted by molar-refractivity contribution is 0.891. The third-order valence-electron chi connectivity index (χ3n) is 2.72. The Bertz CT molecular complexity index is 486.